The van der Waals surface area contributed by atoms with E-state index < -0.39 is 0 Å². The molecule has 2 atom stereocenters. The molecular weight excluding hydrogens is 558 g/mol. The van der Waals surface area contributed by atoms with Crippen LogP contribution in [0.4, 0.5) is 8.78 Å². The molecule has 6 nitrogen and oxygen atoms in total. The fourth-order valence-electron chi connectivity index (χ4n) is 5.61. The number of aromatic amines is 2. The number of alkyl halides is 2. The first kappa shape index (κ1) is 31.8. The van der Waals surface area contributed by atoms with E-state index in [1.54, 1.807) is 0 Å². The van der Waals surface area contributed by atoms with Crippen molar-refractivity contribution in [1.29, 1.82) is 0 Å². The van der Waals surface area contributed by atoms with Crippen molar-refractivity contribution in [2.45, 2.75) is 77.4 Å². The quantitative estimate of drug-likeness (QED) is 0.110. The second-order valence-corrected chi connectivity index (χ2v) is 11.6. The number of hydrogen-bond acceptors (Lipinski definition) is 4. The van der Waals surface area contributed by atoms with Crippen molar-refractivity contribution in [3.63, 3.8) is 0 Å². The lowest BCUT2D eigenvalue weighted by Crippen LogP contribution is -2.01. The lowest BCUT2D eigenvalue weighted by atomic mass is 10.1. The van der Waals surface area contributed by atoms with Gasteiger partial charge in [0.15, 0.2) is 0 Å². The highest BCUT2D eigenvalue weighted by atomic mass is 19.1. The Morgan fingerprint density at radius 1 is 0.545 bits per heavy atom. The number of ether oxygens (including phenoxy) is 2. The summed E-state index contributed by atoms with van der Waals surface area (Å²) < 4.78 is 37.4. The van der Waals surface area contributed by atoms with Crippen LogP contribution in [0.1, 0.15) is 111 Å². The fraction of sp³-hybridized carbons (Fsp3) is 0.444. The smallest absolute Gasteiger partial charge is 0.0894 e. The number of hydrogen-bond donors (Lipinski definition) is 2. The van der Waals surface area contributed by atoms with Crippen LogP contribution in [0.25, 0.3) is 46.4 Å². The molecule has 2 aliphatic rings. The molecule has 234 valence electrons. The molecule has 44 heavy (non-hydrogen) atoms. The number of nitrogens with one attached hydrogen (secondary N) is 2. The average molecular weight is 603 g/mol. The molecule has 0 spiro atoms. The Bertz CT molecular complexity index is 1610. The number of H-pyrrole nitrogens is 2. The number of aromatic nitrogens is 4. The third kappa shape index (κ3) is 8.73. The lowest BCUT2D eigenvalue weighted by molar-refractivity contribution is 0.0635. The van der Waals surface area contributed by atoms with Gasteiger partial charge in [-0.3, -0.25) is 8.78 Å². The molecule has 0 radical (unpaired) electrons. The summed E-state index contributed by atoms with van der Waals surface area (Å²) >= 11 is 0. The van der Waals surface area contributed by atoms with Crippen LogP contribution >= 0.6 is 0 Å². The highest BCUT2D eigenvalue weighted by molar-refractivity contribution is 5.79. The Kier molecular flexibility index (Phi) is 11.5. The maximum absolute atomic E-state index is 12.4. The van der Waals surface area contributed by atoms with E-state index >= 15 is 0 Å². The van der Waals surface area contributed by atoms with Gasteiger partial charge in [0.25, 0.3) is 0 Å². The monoisotopic (exact) mass is 602 g/mol. The normalized spacial score (nSPS) is 13.9. The number of fused-ring (bicyclic) bond motifs is 8. The molecule has 2 aliphatic heterocycles. The molecule has 3 aromatic rings. The first-order valence-electron chi connectivity index (χ1n) is 16.0. The Hall–Kier alpha value is -3.62. The maximum atomic E-state index is 12.4. The van der Waals surface area contributed by atoms with Gasteiger partial charge in [-0.25, -0.2) is 9.97 Å². The van der Waals surface area contributed by atoms with Crippen LogP contribution in [0.3, 0.4) is 0 Å². The fourth-order valence-corrected chi connectivity index (χ4v) is 5.61. The zero-order valence-corrected chi connectivity index (χ0v) is 25.9. The molecular formula is C36H44F2N4O2. The van der Waals surface area contributed by atoms with E-state index in [1.807, 2.05) is 36.4 Å². The summed E-state index contributed by atoms with van der Waals surface area (Å²) in [5.74, 6) is 0. The summed E-state index contributed by atoms with van der Waals surface area (Å²) in [7, 11) is 0. The summed E-state index contributed by atoms with van der Waals surface area (Å²) in [6.07, 6.45) is 14.5. The van der Waals surface area contributed by atoms with Gasteiger partial charge in [0.05, 0.1) is 48.3 Å². The molecule has 5 heterocycles. The van der Waals surface area contributed by atoms with E-state index in [1.165, 1.54) is 0 Å². The Labute approximate surface area is 258 Å². The molecule has 3 aromatic heterocycles. The topological polar surface area (TPSA) is 75.8 Å². The number of halogens is 2. The molecule has 0 saturated heterocycles. The molecule has 0 fully saturated rings. The van der Waals surface area contributed by atoms with Gasteiger partial charge in [0, 0.05) is 46.4 Å². The Morgan fingerprint density at radius 3 is 1.50 bits per heavy atom. The predicted molar refractivity (Wildman–Crippen MR) is 176 cm³/mol. The van der Waals surface area contributed by atoms with Crippen molar-refractivity contribution >= 4 is 46.4 Å². The van der Waals surface area contributed by atoms with E-state index in [9.17, 15) is 8.78 Å². The minimum atomic E-state index is -0.257. The molecule has 8 heteroatoms. The van der Waals surface area contributed by atoms with Crippen LogP contribution in [0.2, 0.25) is 0 Å². The van der Waals surface area contributed by atoms with Crippen molar-refractivity contribution in [2.75, 3.05) is 26.6 Å². The van der Waals surface area contributed by atoms with E-state index in [2.05, 4.69) is 48.1 Å². The van der Waals surface area contributed by atoms with Crippen LogP contribution < -0.4 is 0 Å². The van der Waals surface area contributed by atoms with Crippen LogP contribution in [-0.2, 0) is 9.47 Å². The van der Waals surface area contributed by atoms with E-state index in [-0.39, 0.29) is 25.6 Å². The van der Waals surface area contributed by atoms with Gasteiger partial charge in [-0.1, -0.05) is 25.7 Å². The van der Waals surface area contributed by atoms with Gasteiger partial charge in [-0.05, 0) is 100 Å². The third-order valence-corrected chi connectivity index (χ3v) is 8.03. The van der Waals surface area contributed by atoms with Crippen molar-refractivity contribution < 1.29 is 18.3 Å². The van der Waals surface area contributed by atoms with E-state index in [4.69, 9.17) is 19.4 Å². The van der Waals surface area contributed by atoms with Crippen molar-refractivity contribution in [2.24, 2.45) is 0 Å². The minimum Gasteiger partial charge on any atom is -0.374 e. The van der Waals surface area contributed by atoms with Crippen LogP contribution in [-0.4, -0.2) is 46.5 Å². The molecule has 0 aromatic carbocycles. The van der Waals surface area contributed by atoms with E-state index in [0.717, 1.165) is 94.5 Å². The standard InChI is InChI=1S/C36H44F2N4O2/c1-25(43-17-9-5-3-7-15-37)33-21-31-20-29-12-11-27(39-29)19-28-13-14-30(40-28)23-35-34(22-32(42-35)24-36(33)41-31)26(2)44-18-10-6-4-8-16-38/h11-14,19-26,41-42H,3-10,15-18H2,1-2H3. The maximum Gasteiger partial charge on any atom is 0.0894 e. The summed E-state index contributed by atoms with van der Waals surface area (Å²) in [5.41, 5.74) is 9.33. The summed E-state index contributed by atoms with van der Waals surface area (Å²) in [6.45, 7) is 4.89. The Morgan fingerprint density at radius 2 is 0.977 bits per heavy atom. The SMILES string of the molecule is CC(OCCCCCCF)c1cc2cc3[nH]c(cc4nc(cc5nc(cc1[nH]2)C=C5)C=C4)cc3C(C)OCCCCCCF. The largest absolute Gasteiger partial charge is 0.374 e. The first-order valence-corrected chi connectivity index (χ1v) is 16.0. The van der Waals surface area contributed by atoms with Gasteiger partial charge in [0.2, 0.25) is 0 Å². The van der Waals surface area contributed by atoms with Gasteiger partial charge in [-0.15, -0.1) is 0 Å². The van der Waals surface area contributed by atoms with Crippen LogP contribution in [0, 0.1) is 0 Å². The second-order valence-electron chi connectivity index (χ2n) is 11.6. The van der Waals surface area contributed by atoms with Crippen LogP contribution in [0.5, 0.6) is 0 Å². The second kappa shape index (κ2) is 15.9. The van der Waals surface area contributed by atoms with E-state index in [0.29, 0.717) is 26.1 Å². The molecule has 0 amide bonds. The van der Waals surface area contributed by atoms with Gasteiger partial charge in [0.1, 0.15) is 0 Å². The zero-order chi connectivity index (χ0) is 30.7. The van der Waals surface area contributed by atoms with Crippen LogP contribution in [0.15, 0.2) is 36.4 Å². The lowest BCUT2D eigenvalue weighted by Gasteiger charge is -2.12. The summed E-state index contributed by atoms with van der Waals surface area (Å²) in [4.78, 5) is 16.8. The van der Waals surface area contributed by atoms with Crippen molar-refractivity contribution in [3.8, 4) is 0 Å². The van der Waals surface area contributed by atoms with Gasteiger partial charge >= 0.3 is 0 Å². The van der Waals surface area contributed by atoms with Gasteiger partial charge in [-0.2, -0.15) is 0 Å². The first-order chi connectivity index (χ1) is 21.5. The zero-order valence-electron chi connectivity index (χ0n) is 25.9. The molecule has 2 unspecified atom stereocenters. The predicted octanol–water partition coefficient (Wildman–Crippen LogP) is 9.87. The van der Waals surface area contributed by atoms with Crippen molar-refractivity contribution in [3.05, 3.63) is 70.3 Å². The highest BCUT2D eigenvalue weighted by Crippen LogP contribution is 2.29. The van der Waals surface area contributed by atoms with Crippen molar-refractivity contribution in [1.82, 2.24) is 19.9 Å². The minimum absolute atomic E-state index is 0.133. The molecule has 5 rings (SSSR count). The molecule has 8 bridgehead atoms. The average Bonchev–Trinajstić information content (AvgIpc) is 3.81. The molecule has 2 N–H and O–H groups in total. The Balaban J connectivity index is 1.52. The third-order valence-electron chi connectivity index (χ3n) is 8.03. The number of rotatable bonds is 16. The van der Waals surface area contributed by atoms with Gasteiger partial charge < -0.3 is 19.4 Å². The molecule has 0 saturated carbocycles. The summed E-state index contributed by atoms with van der Waals surface area (Å²) in [5, 5.41) is 0. The number of unbranched alkanes of at least 4 members (excludes halogenated alkanes) is 6. The molecule has 0 aliphatic carbocycles. The summed E-state index contributed by atoms with van der Waals surface area (Å²) in [6, 6.07) is 12.5. The number of nitrogens with zero attached hydrogens (tertiary/aromatic N) is 2. The highest BCUT2D eigenvalue weighted by Gasteiger charge is 2.14.